The van der Waals surface area contributed by atoms with Crippen LogP contribution >= 0.6 is 0 Å². The molecule has 0 bridgehead atoms. The Morgan fingerprint density at radius 2 is 2.14 bits per heavy atom. The summed E-state index contributed by atoms with van der Waals surface area (Å²) in [5.74, 6) is -0.280. The third-order valence-corrected chi connectivity index (χ3v) is 3.75. The number of rotatable bonds is 5. The van der Waals surface area contributed by atoms with Crippen molar-refractivity contribution in [1.82, 2.24) is 5.32 Å². The molecule has 2 rings (SSSR count). The monoisotopic (exact) mass is 295 g/mol. The highest BCUT2D eigenvalue weighted by Crippen LogP contribution is 2.26. The highest BCUT2D eigenvalue weighted by atomic mass is 19.1. The van der Waals surface area contributed by atoms with E-state index in [0.717, 1.165) is 25.7 Å². The number of nitrogens with one attached hydrogen (secondary N) is 1. The van der Waals surface area contributed by atoms with E-state index < -0.39 is 11.9 Å². The molecule has 1 unspecified atom stereocenters. The van der Waals surface area contributed by atoms with Gasteiger partial charge in [-0.1, -0.05) is 19.3 Å². The van der Waals surface area contributed by atoms with E-state index in [1.54, 1.807) is 0 Å². The molecule has 0 radical (unpaired) electrons. The van der Waals surface area contributed by atoms with Crippen LogP contribution in [-0.2, 0) is 4.79 Å². The number of carbonyl (C=O) groups excluding carboxylic acids is 1. The van der Waals surface area contributed by atoms with E-state index in [4.69, 9.17) is 4.74 Å². The van der Waals surface area contributed by atoms with Gasteiger partial charge >= 0.3 is 0 Å². The predicted octanol–water partition coefficient (Wildman–Crippen LogP) is 2.71. The molecule has 1 saturated carbocycles. The van der Waals surface area contributed by atoms with Crippen LogP contribution < -0.4 is 10.1 Å². The number of aliphatic hydroxyl groups is 1. The standard InChI is InChI=1S/C16H22FNO3/c1-11(19)14-9-12(17)7-8-15(14)21-10-16(20)18-13-5-3-2-4-6-13/h7-9,11,13,19H,2-6,10H2,1H3,(H,18,20). The fourth-order valence-electron chi connectivity index (χ4n) is 2.64. The zero-order valence-corrected chi connectivity index (χ0v) is 12.3. The normalized spacial score (nSPS) is 17.3. The largest absolute Gasteiger partial charge is 0.483 e. The minimum atomic E-state index is -0.850. The van der Waals surface area contributed by atoms with Gasteiger partial charge in [-0.25, -0.2) is 4.39 Å². The number of benzene rings is 1. The van der Waals surface area contributed by atoms with Gasteiger partial charge in [0.1, 0.15) is 11.6 Å². The van der Waals surface area contributed by atoms with Gasteiger partial charge in [-0.3, -0.25) is 4.79 Å². The SMILES string of the molecule is CC(O)c1cc(F)ccc1OCC(=O)NC1CCCCC1. The van der Waals surface area contributed by atoms with E-state index in [9.17, 15) is 14.3 Å². The summed E-state index contributed by atoms with van der Waals surface area (Å²) in [5.41, 5.74) is 0.348. The number of carbonyl (C=O) groups is 1. The molecule has 1 amide bonds. The minimum Gasteiger partial charge on any atom is -0.483 e. The first-order valence-electron chi connectivity index (χ1n) is 7.46. The van der Waals surface area contributed by atoms with Crippen LogP contribution in [0.5, 0.6) is 5.75 Å². The molecule has 4 nitrogen and oxygen atoms in total. The number of aliphatic hydroxyl groups excluding tert-OH is 1. The lowest BCUT2D eigenvalue weighted by Crippen LogP contribution is -2.39. The molecule has 0 heterocycles. The van der Waals surface area contributed by atoms with Gasteiger partial charge in [0.15, 0.2) is 6.61 Å². The third-order valence-electron chi connectivity index (χ3n) is 3.75. The molecule has 21 heavy (non-hydrogen) atoms. The molecule has 5 heteroatoms. The quantitative estimate of drug-likeness (QED) is 0.878. The third kappa shape index (κ3) is 4.70. The Morgan fingerprint density at radius 1 is 1.43 bits per heavy atom. The molecule has 0 spiro atoms. The zero-order valence-electron chi connectivity index (χ0n) is 12.3. The molecule has 1 fully saturated rings. The summed E-state index contributed by atoms with van der Waals surface area (Å²) in [4.78, 5) is 11.9. The van der Waals surface area contributed by atoms with Gasteiger partial charge in [0.05, 0.1) is 6.10 Å². The number of halogens is 1. The van der Waals surface area contributed by atoms with Gasteiger partial charge in [0.2, 0.25) is 0 Å². The van der Waals surface area contributed by atoms with Gasteiger partial charge in [0, 0.05) is 11.6 Å². The van der Waals surface area contributed by atoms with Crippen LogP contribution in [0.15, 0.2) is 18.2 Å². The number of hydrogen-bond acceptors (Lipinski definition) is 3. The average molecular weight is 295 g/mol. The van der Waals surface area contributed by atoms with Crippen molar-refractivity contribution in [2.75, 3.05) is 6.61 Å². The Balaban J connectivity index is 1.88. The van der Waals surface area contributed by atoms with E-state index >= 15 is 0 Å². The maximum absolute atomic E-state index is 13.2. The molecule has 0 saturated heterocycles. The van der Waals surface area contributed by atoms with Crippen molar-refractivity contribution in [2.45, 2.75) is 51.2 Å². The number of ether oxygens (including phenoxy) is 1. The summed E-state index contributed by atoms with van der Waals surface area (Å²) in [6.07, 6.45) is 4.71. The van der Waals surface area contributed by atoms with Crippen molar-refractivity contribution in [2.24, 2.45) is 0 Å². The lowest BCUT2D eigenvalue weighted by Gasteiger charge is -2.23. The molecule has 1 aliphatic carbocycles. The van der Waals surface area contributed by atoms with Gasteiger partial charge in [-0.15, -0.1) is 0 Å². The van der Waals surface area contributed by atoms with Gasteiger partial charge in [-0.05, 0) is 38.0 Å². The zero-order chi connectivity index (χ0) is 15.2. The van der Waals surface area contributed by atoms with E-state index in [2.05, 4.69) is 5.32 Å². The maximum Gasteiger partial charge on any atom is 0.258 e. The Bertz CT molecular complexity index is 484. The Hall–Kier alpha value is -1.62. The molecule has 1 aromatic carbocycles. The molecule has 0 aromatic heterocycles. The Labute approximate surface area is 124 Å². The lowest BCUT2D eigenvalue weighted by atomic mass is 9.95. The van der Waals surface area contributed by atoms with Crippen molar-refractivity contribution >= 4 is 5.91 Å². The molecule has 0 aliphatic heterocycles. The first kappa shape index (κ1) is 15.8. The predicted molar refractivity (Wildman–Crippen MR) is 77.5 cm³/mol. The molecular formula is C16H22FNO3. The van der Waals surface area contributed by atoms with Crippen molar-refractivity contribution in [3.8, 4) is 5.75 Å². The van der Waals surface area contributed by atoms with Crippen LogP contribution in [0.2, 0.25) is 0 Å². The second-order valence-corrected chi connectivity index (χ2v) is 5.55. The number of amides is 1. The Morgan fingerprint density at radius 3 is 2.81 bits per heavy atom. The summed E-state index contributed by atoms with van der Waals surface area (Å²) < 4.78 is 18.6. The topological polar surface area (TPSA) is 58.6 Å². The summed E-state index contributed by atoms with van der Waals surface area (Å²) in [6, 6.07) is 4.14. The molecule has 1 aliphatic rings. The Kier molecular flexibility index (Phi) is 5.56. The summed E-state index contributed by atoms with van der Waals surface area (Å²) in [5, 5.41) is 12.6. The second kappa shape index (κ2) is 7.41. The molecule has 1 atom stereocenters. The van der Waals surface area contributed by atoms with Crippen molar-refractivity contribution in [3.63, 3.8) is 0 Å². The van der Waals surface area contributed by atoms with Crippen LogP contribution in [0.25, 0.3) is 0 Å². The fraction of sp³-hybridized carbons (Fsp3) is 0.562. The van der Waals surface area contributed by atoms with Crippen LogP contribution in [-0.4, -0.2) is 23.7 Å². The fourth-order valence-corrected chi connectivity index (χ4v) is 2.64. The molecule has 1 aromatic rings. The summed E-state index contributed by atoms with van der Waals surface area (Å²) >= 11 is 0. The molecular weight excluding hydrogens is 273 g/mol. The van der Waals surface area contributed by atoms with Gasteiger partial charge < -0.3 is 15.2 Å². The van der Waals surface area contributed by atoms with E-state index in [-0.39, 0.29) is 18.6 Å². The van der Waals surface area contributed by atoms with Crippen LogP contribution in [0.3, 0.4) is 0 Å². The lowest BCUT2D eigenvalue weighted by molar-refractivity contribution is -0.124. The molecule has 2 N–H and O–H groups in total. The van der Waals surface area contributed by atoms with Gasteiger partial charge in [0.25, 0.3) is 5.91 Å². The smallest absolute Gasteiger partial charge is 0.258 e. The second-order valence-electron chi connectivity index (χ2n) is 5.55. The van der Waals surface area contributed by atoms with Crippen molar-refractivity contribution < 1.29 is 19.0 Å². The maximum atomic E-state index is 13.2. The first-order chi connectivity index (χ1) is 10.1. The van der Waals surface area contributed by atoms with Crippen molar-refractivity contribution in [1.29, 1.82) is 0 Å². The minimum absolute atomic E-state index is 0.123. The van der Waals surface area contributed by atoms with E-state index in [0.29, 0.717) is 11.3 Å². The first-order valence-corrected chi connectivity index (χ1v) is 7.46. The van der Waals surface area contributed by atoms with Crippen LogP contribution in [0.4, 0.5) is 4.39 Å². The molecule has 116 valence electrons. The van der Waals surface area contributed by atoms with E-state index in [1.165, 1.54) is 31.5 Å². The highest BCUT2D eigenvalue weighted by Gasteiger charge is 2.17. The number of hydrogen-bond donors (Lipinski definition) is 2. The average Bonchev–Trinajstić information content (AvgIpc) is 2.47. The summed E-state index contributed by atoms with van der Waals surface area (Å²) in [7, 11) is 0. The van der Waals surface area contributed by atoms with E-state index in [1.807, 2.05) is 0 Å². The van der Waals surface area contributed by atoms with Gasteiger partial charge in [-0.2, -0.15) is 0 Å². The highest BCUT2D eigenvalue weighted by molar-refractivity contribution is 5.77. The van der Waals surface area contributed by atoms with Crippen LogP contribution in [0, 0.1) is 5.82 Å². The van der Waals surface area contributed by atoms with Crippen molar-refractivity contribution in [3.05, 3.63) is 29.6 Å². The summed E-state index contributed by atoms with van der Waals surface area (Å²) in [6.45, 7) is 1.41. The van der Waals surface area contributed by atoms with Crippen LogP contribution in [0.1, 0.15) is 50.7 Å².